The molecule has 0 fully saturated rings. The molecule has 0 saturated carbocycles. The zero-order valence-corrected chi connectivity index (χ0v) is 13.0. The van der Waals surface area contributed by atoms with Crippen LogP contribution in [0.5, 0.6) is 0 Å². The number of nitrogens with one attached hydrogen (secondary N) is 1. The normalized spacial score (nSPS) is 12.3. The van der Waals surface area contributed by atoms with Crippen LogP contribution in [0.1, 0.15) is 84.0 Å². The maximum atomic E-state index is 11.0. The van der Waals surface area contributed by atoms with Gasteiger partial charge in [-0.1, -0.05) is 71.1 Å². The Balaban J connectivity index is 3.10. The summed E-state index contributed by atoms with van der Waals surface area (Å²) in [5.74, 6) is -0.336. The van der Waals surface area contributed by atoms with Crippen LogP contribution >= 0.6 is 0 Å². The van der Waals surface area contributed by atoms with Gasteiger partial charge in [0.15, 0.2) is 0 Å². The topological polar surface area (TPSA) is 66.4 Å². The summed E-state index contributed by atoms with van der Waals surface area (Å²) in [5.41, 5.74) is 0. The number of amides is 1. The highest BCUT2D eigenvalue weighted by atomic mass is 32.2. The SMILES string of the molecule is CCCCCCCCCCCCCC(=O)NS(=O)O. The standard InChI is InChI=1S/C14H29NO3S/c1-2-3-4-5-6-7-8-9-10-11-12-13-14(16)15-19(17)18/h2-13H2,1H3,(H,15,16)(H,17,18). The number of carbonyl (C=O) groups excluding carboxylic acids is 1. The zero-order valence-electron chi connectivity index (χ0n) is 12.2. The predicted molar refractivity (Wildman–Crippen MR) is 80.0 cm³/mol. The first-order valence-electron chi connectivity index (χ1n) is 7.57. The molecular weight excluding hydrogens is 262 g/mol. The third kappa shape index (κ3) is 15.5. The largest absolute Gasteiger partial charge is 0.289 e. The van der Waals surface area contributed by atoms with Crippen molar-refractivity contribution >= 4 is 17.2 Å². The van der Waals surface area contributed by atoms with Crippen molar-refractivity contribution in [1.82, 2.24) is 4.72 Å². The van der Waals surface area contributed by atoms with E-state index in [1.54, 1.807) is 0 Å². The maximum Gasteiger partial charge on any atom is 0.261 e. The van der Waals surface area contributed by atoms with Gasteiger partial charge in [0.05, 0.1) is 0 Å². The maximum absolute atomic E-state index is 11.0. The van der Waals surface area contributed by atoms with E-state index in [1.807, 2.05) is 4.72 Å². The number of carbonyl (C=O) groups is 1. The van der Waals surface area contributed by atoms with Gasteiger partial charge in [0.25, 0.3) is 11.3 Å². The zero-order chi connectivity index (χ0) is 14.3. The van der Waals surface area contributed by atoms with Crippen molar-refractivity contribution < 1.29 is 13.6 Å². The van der Waals surface area contributed by atoms with Crippen LogP contribution in [0.2, 0.25) is 0 Å². The van der Waals surface area contributed by atoms with Crippen molar-refractivity contribution in [2.75, 3.05) is 0 Å². The fourth-order valence-electron chi connectivity index (χ4n) is 2.10. The fraction of sp³-hybridized carbons (Fsp3) is 0.929. The Bertz CT molecular complexity index is 247. The molecule has 4 nitrogen and oxygen atoms in total. The van der Waals surface area contributed by atoms with Gasteiger partial charge < -0.3 is 0 Å². The molecule has 0 rings (SSSR count). The molecular formula is C14H29NO3S. The van der Waals surface area contributed by atoms with Crippen LogP contribution in [0.15, 0.2) is 0 Å². The van der Waals surface area contributed by atoms with Crippen LogP contribution in [0.3, 0.4) is 0 Å². The molecule has 0 heterocycles. The van der Waals surface area contributed by atoms with E-state index in [0.717, 1.165) is 19.3 Å². The number of unbranched alkanes of at least 4 members (excludes halogenated alkanes) is 10. The van der Waals surface area contributed by atoms with Gasteiger partial charge in [-0.15, -0.1) is 0 Å². The summed E-state index contributed by atoms with van der Waals surface area (Å²) < 4.78 is 20.7. The lowest BCUT2D eigenvalue weighted by molar-refractivity contribution is -0.119. The van der Waals surface area contributed by atoms with Gasteiger partial charge in [0.1, 0.15) is 0 Å². The predicted octanol–water partition coefficient (Wildman–Crippen LogP) is 3.94. The van der Waals surface area contributed by atoms with E-state index in [-0.39, 0.29) is 5.91 Å². The third-order valence-electron chi connectivity index (χ3n) is 3.21. The van der Waals surface area contributed by atoms with E-state index in [4.69, 9.17) is 4.55 Å². The Morgan fingerprint density at radius 1 is 0.895 bits per heavy atom. The molecule has 0 bridgehead atoms. The Morgan fingerprint density at radius 3 is 1.74 bits per heavy atom. The molecule has 5 heteroatoms. The molecule has 0 spiro atoms. The second-order valence-corrected chi connectivity index (χ2v) is 5.76. The van der Waals surface area contributed by atoms with Gasteiger partial charge in [-0.3, -0.25) is 14.1 Å². The minimum Gasteiger partial charge on any atom is -0.289 e. The van der Waals surface area contributed by atoms with Crippen LogP contribution < -0.4 is 4.72 Å². The first-order chi connectivity index (χ1) is 9.16. The van der Waals surface area contributed by atoms with Gasteiger partial charge in [-0.25, -0.2) is 4.21 Å². The van der Waals surface area contributed by atoms with Crippen LogP contribution in [0.4, 0.5) is 0 Å². The summed E-state index contributed by atoms with van der Waals surface area (Å²) >= 11 is -2.21. The molecule has 2 N–H and O–H groups in total. The lowest BCUT2D eigenvalue weighted by atomic mass is 10.1. The minimum atomic E-state index is -2.21. The highest BCUT2D eigenvalue weighted by Gasteiger charge is 2.02. The van der Waals surface area contributed by atoms with Gasteiger partial charge in [-0.2, -0.15) is 0 Å². The van der Waals surface area contributed by atoms with Crippen molar-refractivity contribution in [1.29, 1.82) is 0 Å². The molecule has 0 saturated heterocycles. The van der Waals surface area contributed by atoms with Gasteiger partial charge >= 0.3 is 0 Å². The Kier molecular flexibility index (Phi) is 13.7. The molecule has 114 valence electrons. The van der Waals surface area contributed by atoms with Crippen LogP contribution in [-0.4, -0.2) is 14.7 Å². The van der Waals surface area contributed by atoms with Gasteiger partial charge in [0, 0.05) is 6.42 Å². The summed E-state index contributed by atoms with van der Waals surface area (Å²) in [7, 11) is 0. The smallest absolute Gasteiger partial charge is 0.261 e. The molecule has 1 amide bonds. The van der Waals surface area contributed by atoms with Crippen molar-refractivity contribution in [3.63, 3.8) is 0 Å². The fourth-order valence-corrected chi connectivity index (χ4v) is 2.40. The molecule has 0 aromatic rings. The Labute approximate surface area is 120 Å². The summed E-state index contributed by atoms with van der Waals surface area (Å²) in [6.45, 7) is 2.23. The first-order valence-corrected chi connectivity index (χ1v) is 8.67. The molecule has 0 radical (unpaired) electrons. The first kappa shape index (κ1) is 18.6. The summed E-state index contributed by atoms with van der Waals surface area (Å²) in [6.07, 6.45) is 14.0. The molecule has 0 aromatic carbocycles. The number of rotatable bonds is 13. The second kappa shape index (κ2) is 14.0. The monoisotopic (exact) mass is 291 g/mol. The lowest BCUT2D eigenvalue weighted by Crippen LogP contribution is -2.24. The molecule has 0 aliphatic heterocycles. The average Bonchev–Trinajstić information content (AvgIpc) is 2.35. The van der Waals surface area contributed by atoms with E-state index in [0.29, 0.717) is 6.42 Å². The third-order valence-corrected chi connectivity index (χ3v) is 3.61. The quantitative estimate of drug-likeness (QED) is 0.399. The van der Waals surface area contributed by atoms with E-state index in [1.165, 1.54) is 51.4 Å². The van der Waals surface area contributed by atoms with Crippen LogP contribution in [0.25, 0.3) is 0 Å². The van der Waals surface area contributed by atoms with Crippen molar-refractivity contribution in [3.05, 3.63) is 0 Å². The molecule has 0 aliphatic rings. The Morgan fingerprint density at radius 2 is 1.32 bits per heavy atom. The van der Waals surface area contributed by atoms with E-state index >= 15 is 0 Å². The van der Waals surface area contributed by atoms with Crippen molar-refractivity contribution in [2.24, 2.45) is 0 Å². The van der Waals surface area contributed by atoms with Gasteiger partial charge in [-0.05, 0) is 6.42 Å². The summed E-state index contributed by atoms with van der Waals surface area (Å²) in [5, 5.41) is 0. The molecule has 0 aliphatic carbocycles. The molecule has 1 atom stereocenters. The van der Waals surface area contributed by atoms with Crippen molar-refractivity contribution in [2.45, 2.75) is 84.0 Å². The lowest BCUT2D eigenvalue weighted by Gasteiger charge is -2.02. The van der Waals surface area contributed by atoms with Crippen LogP contribution in [0, 0.1) is 0 Å². The second-order valence-electron chi connectivity index (χ2n) is 5.06. The van der Waals surface area contributed by atoms with E-state index in [2.05, 4.69) is 6.92 Å². The summed E-state index contributed by atoms with van der Waals surface area (Å²) in [6, 6.07) is 0. The molecule has 1 unspecified atom stereocenters. The van der Waals surface area contributed by atoms with Gasteiger partial charge in [0.2, 0.25) is 5.91 Å². The number of hydrogen-bond donors (Lipinski definition) is 2. The van der Waals surface area contributed by atoms with Crippen molar-refractivity contribution in [3.8, 4) is 0 Å². The van der Waals surface area contributed by atoms with E-state index in [9.17, 15) is 9.00 Å². The molecule has 0 aromatic heterocycles. The van der Waals surface area contributed by atoms with E-state index < -0.39 is 11.3 Å². The highest BCUT2D eigenvalue weighted by molar-refractivity contribution is 7.77. The summed E-state index contributed by atoms with van der Waals surface area (Å²) in [4.78, 5) is 11.0. The number of hydrogen-bond acceptors (Lipinski definition) is 2. The Hall–Kier alpha value is -0.420. The van der Waals surface area contributed by atoms with Crippen LogP contribution in [-0.2, 0) is 16.1 Å². The average molecular weight is 291 g/mol. The molecule has 19 heavy (non-hydrogen) atoms. The highest BCUT2D eigenvalue weighted by Crippen LogP contribution is 2.11. The minimum absolute atomic E-state index is 0.336.